The largest absolute Gasteiger partial charge is 0.469 e. The minimum Gasteiger partial charge on any atom is -0.469 e. The van der Waals surface area contributed by atoms with E-state index >= 15 is 0 Å². The lowest BCUT2D eigenvalue weighted by molar-refractivity contribution is -0.146. The fraction of sp³-hybridized carbons (Fsp3) is 0.875. The van der Waals surface area contributed by atoms with Crippen molar-refractivity contribution in [2.24, 2.45) is 10.9 Å². The molecule has 1 N–H and O–H groups in total. The normalized spacial score (nSPS) is 17.7. The smallest absolute Gasteiger partial charge is 0.308 e. The van der Waals surface area contributed by atoms with Gasteiger partial charge in [0, 0.05) is 32.7 Å². The quantitative estimate of drug-likeness (QED) is 0.296. The third-order valence-corrected chi connectivity index (χ3v) is 4.53. The zero-order chi connectivity index (χ0) is 16.5. The van der Waals surface area contributed by atoms with Crippen molar-refractivity contribution in [2.75, 3.05) is 46.9 Å². The maximum atomic E-state index is 11.6. The van der Waals surface area contributed by atoms with E-state index < -0.39 is 0 Å². The number of esters is 1. The van der Waals surface area contributed by atoms with Gasteiger partial charge in [-0.3, -0.25) is 14.7 Å². The van der Waals surface area contributed by atoms with Crippen molar-refractivity contribution in [3.05, 3.63) is 0 Å². The highest BCUT2D eigenvalue weighted by Crippen LogP contribution is 2.18. The molecular formula is C16H33IN4O2. The van der Waals surface area contributed by atoms with E-state index in [9.17, 15) is 4.79 Å². The molecule has 1 saturated heterocycles. The van der Waals surface area contributed by atoms with Crippen LogP contribution in [0.3, 0.4) is 0 Å². The van der Waals surface area contributed by atoms with Gasteiger partial charge in [0.05, 0.1) is 13.0 Å². The molecule has 1 aliphatic heterocycles. The Balaban J connectivity index is 0.00000484. The summed E-state index contributed by atoms with van der Waals surface area (Å²) in [4.78, 5) is 20.6. The first-order chi connectivity index (χ1) is 10.6. The van der Waals surface area contributed by atoms with Crippen LogP contribution in [0.1, 0.15) is 33.6 Å². The summed E-state index contributed by atoms with van der Waals surface area (Å²) >= 11 is 0. The van der Waals surface area contributed by atoms with Gasteiger partial charge in [0.2, 0.25) is 0 Å². The van der Waals surface area contributed by atoms with Crippen LogP contribution in [-0.2, 0) is 9.53 Å². The molecule has 0 aromatic heterocycles. The Morgan fingerprint density at radius 1 is 1.35 bits per heavy atom. The second-order valence-electron chi connectivity index (χ2n) is 5.78. The number of hydrogen-bond acceptors (Lipinski definition) is 4. The molecule has 0 amide bonds. The molecule has 1 aliphatic rings. The first-order valence-electron chi connectivity index (χ1n) is 8.34. The number of halogens is 1. The SMILES string of the molecule is CCN(CC)C(C)CNC(=NC)N1CCC(C(=O)OC)CC1.I. The lowest BCUT2D eigenvalue weighted by Gasteiger charge is -2.34. The summed E-state index contributed by atoms with van der Waals surface area (Å²) in [7, 11) is 3.28. The fourth-order valence-electron chi connectivity index (χ4n) is 3.04. The van der Waals surface area contributed by atoms with Crippen molar-refractivity contribution < 1.29 is 9.53 Å². The van der Waals surface area contributed by atoms with E-state index in [0.29, 0.717) is 6.04 Å². The molecule has 0 spiro atoms. The molecule has 23 heavy (non-hydrogen) atoms. The number of piperidine rings is 1. The van der Waals surface area contributed by atoms with E-state index in [-0.39, 0.29) is 35.9 Å². The molecular weight excluding hydrogens is 407 g/mol. The number of carbonyl (C=O) groups excluding carboxylic acids is 1. The highest BCUT2D eigenvalue weighted by molar-refractivity contribution is 14.0. The molecule has 0 bridgehead atoms. The van der Waals surface area contributed by atoms with Gasteiger partial charge in [-0.15, -0.1) is 24.0 Å². The highest BCUT2D eigenvalue weighted by Gasteiger charge is 2.27. The Bertz CT molecular complexity index is 367. The number of nitrogens with zero attached hydrogens (tertiary/aromatic N) is 3. The predicted octanol–water partition coefficient (Wildman–Crippen LogP) is 1.80. The number of likely N-dealkylation sites (N-methyl/N-ethyl adjacent to an activating group) is 1. The van der Waals surface area contributed by atoms with Gasteiger partial charge in [0.15, 0.2) is 5.96 Å². The molecule has 1 rings (SSSR count). The minimum absolute atomic E-state index is 0. The minimum atomic E-state index is -0.0854. The van der Waals surface area contributed by atoms with E-state index in [1.807, 2.05) is 7.05 Å². The van der Waals surface area contributed by atoms with Crippen molar-refractivity contribution in [1.29, 1.82) is 0 Å². The maximum Gasteiger partial charge on any atom is 0.308 e. The molecule has 7 heteroatoms. The zero-order valence-corrected chi connectivity index (χ0v) is 17.5. The molecule has 6 nitrogen and oxygen atoms in total. The molecule has 1 fully saturated rings. The van der Waals surface area contributed by atoms with Crippen molar-refractivity contribution in [1.82, 2.24) is 15.1 Å². The summed E-state index contributed by atoms with van der Waals surface area (Å²) in [5.74, 6) is 0.883. The third kappa shape index (κ3) is 6.82. The summed E-state index contributed by atoms with van der Waals surface area (Å²) in [5.41, 5.74) is 0. The van der Waals surface area contributed by atoms with Gasteiger partial charge < -0.3 is 15.0 Å². The number of ether oxygens (including phenoxy) is 1. The average Bonchev–Trinajstić information content (AvgIpc) is 2.56. The number of carbonyl (C=O) groups is 1. The lowest BCUT2D eigenvalue weighted by Crippen LogP contribution is -2.50. The van der Waals surface area contributed by atoms with Gasteiger partial charge in [-0.05, 0) is 32.9 Å². The van der Waals surface area contributed by atoms with Crippen molar-refractivity contribution in [3.63, 3.8) is 0 Å². The van der Waals surface area contributed by atoms with Crippen LogP contribution in [0.4, 0.5) is 0 Å². The Hall–Kier alpha value is -0.570. The average molecular weight is 440 g/mol. The number of methoxy groups -OCH3 is 1. The molecule has 1 unspecified atom stereocenters. The molecule has 0 aromatic carbocycles. The Kier molecular flexibility index (Phi) is 11.6. The van der Waals surface area contributed by atoms with Gasteiger partial charge in [-0.2, -0.15) is 0 Å². The first kappa shape index (κ1) is 22.4. The summed E-state index contributed by atoms with van der Waals surface area (Å²) in [6.45, 7) is 11.3. The van der Waals surface area contributed by atoms with Crippen LogP contribution >= 0.6 is 24.0 Å². The van der Waals surface area contributed by atoms with Crippen LogP contribution in [0.15, 0.2) is 4.99 Å². The number of likely N-dealkylation sites (tertiary alicyclic amines) is 1. The number of nitrogens with one attached hydrogen (secondary N) is 1. The van der Waals surface area contributed by atoms with E-state index in [0.717, 1.165) is 51.5 Å². The molecule has 0 aliphatic carbocycles. The second kappa shape index (κ2) is 11.9. The summed E-state index contributed by atoms with van der Waals surface area (Å²) in [6.07, 6.45) is 1.66. The Morgan fingerprint density at radius 3 is 2.35 bits per heavy atom. The number of hydrogen-bond donors (Lipinski definition) is 1. The van der Waals surface area contributed by atoms with Gasteiger partial charge in [-0.1, -0.05) is 13.8 Å². The number of aliphatic imine (C=N–C) groups is 1. The Labute approximate surface area is 158 Å². The van der Waals surface area contributed by atoms with E-state index in [1.54, 1.807) is 0 Å². The van der Waals surface area contributed by atoms with Crippen LogP contribution in [0.25, 0.3) is 0 Å². The van der Waals surface area contributed by atoms with Gasteiger partial charge >= 0.3 is 5.97 Å². The fourth-order valence-corrected chi connectivity index (χ4v) is 3.04. The van der Waals surface area contributed by atoms with Crippen LogP contribution in [-0.4, -0.2) is 74.7 Å². The lowest BCUT2D eigenvalue weighted by atomic mass is 9.97. The van der Waals surface area contributed by atoms with Crippen molar-refractivity contribution in [2.45, 2.75) is 39.7 Å². The Morgan fingerprint density at radius 2 is 1.91 bits per heavy atom. The topological polar surface area (TPSA) is 57.2 Å². The number of rotatable bonds is 6. The summed E-state index contributed by atoms with van der Waals surface area (Å²) in [5, 5.41) is 3.46. The maximum absolute atomic E-state index is 11.6. The van der Waals surface area contributed by atoms with Gasteiger partial charge in [-0.25, -0.2) is 0 Å². The molecule has 136 valence electrons. The molecule has 1 atom stereocenters. The van der Waals surface area contributed by atoms with Crippen LogP contribution in [0.2, 0.25) is 0 Å². The summed E-state index contributed by atoms with van der Waals surface area (Å²) < 4.78 is 4.83. The molecule has 0 saturated carbocycles. The standard InChI is InChI=1S/C16H32N4O2.HI/c1-6-19(7-2)13(3)12-18-16(17-4)20-10-8-14(9-11-20)15(21)22-5;/h13-14H,6-12H2,1-5H3,(H,17,18);1H. The molecule has 0 radical (unpaired) electrons. The zero-order valence-electron chi connectivity index (χ0n) is 15.2. The van der Waals surface area contributed by atoms with Gasteiger partial charge in [0.25, 0.3) is 0 Å². The molecule has 0 aromatic rings. The van der Waals surface area contributed by atoms with E-state index in [1.165, 1.54) is 7.11 Å². The van der Waals surface area contributed by atoms with Crippen LogP contribution in [0.5, 0.6) is 0 Å². The van der Waals surface area contributed by atoms with E-state index in [2.05, 4.69) is 40.9 Å². The summed E-state index contributed by atoms with van der Waals surface area (Å²) in [6, 6.07) is 0.472. The highest BCUT2D eigenvalue weighted by atomic mass is 127. The van der Waals surface area contributed by atoms with Gasteiger partial charge in [0.1, 0.15) is 0 Å². The van der Waals surface area contributed by atoms with E-state index in [4.69, 9.17) is 4.74 Å². The van der Waals surface area contributed by atoms with Crippen LogP contribution in [0, 0.1) is 5.92 Å². The van der Waals surface area contributed by atoms with Crippen molar-refractivity contribution in [3.8, 4) is 0 Å². The number of guanidine groups is 1. The third-order valence-electron chi connectivity index (χ3n) is 4.53. The second-order valence-corrected chi connectivity index (χ2v) is 5.78. The van der Waals surface area contributed by atoms with Crippen LogP contribution < -0.4 is 5.32 Å². The monoisotopic (exact) mass is 440 g/mol. The predicted molar refractivity (Wildman–Crippen MR) is 105 cm³/mol. The van der Waals surface area contributed by atoms with Crippen molar-refractivity contribution >= 4 is 35.9 Å². The first-order valence-corrected chi connectivity index (χ1v) is 8.34. The molecule has 1 heterocycles.